The second-order valence-corrected chi connectivity index (χ2v) is 10.00. The summed E-state index contributed by atoms with van der Waals surface area (Å²) in [7, 11) is 0. The van der Waals surface area contributed by atoms with Crippen LogP contribution in [0.1, 0.15) is 65.7 Å². The third-order valence-corrected chi connectivity index (χ3v) is 7.55. The van der Waals surface area contributed by atoms with Crippen molar-refractivity contribution in [3.63, 3.8) is 0 Å². The fraction of sp³-hybridized carbons (Fsp3) is 0.909. The molecular weight excluding hydrogens is 354 g/mol. The van der Waals surface area contributed by atoms with Gasteiger partial charge in [-0.2, -0.15) is 0 Å². The van der Waals surface area contributed by atoms with Crippen LogP contribution in [0.3, 0.4) is 0 Å². The molecule has 0 N–H and O–H groups in total. The highest BCUT2D eigenvalue weighted by molar-refractivity contribution is 5.79. The van der Waals surface area contributed by atoms with Crippen molar-refractivity contribution >= 4 is 12.0 Å². The Bertz CT molecular complexity index is 586. The molecule has 0 aliphatic carbocycles. The average molecular weight is 392 g/mol. The molecule has 4 saturated heterocycles. The van der Waals surface area contributed by atoms with Crippen LogP contribution in [-0.4, -0.2) is 77.6 Å². The van der Waals surface area contributed by atoms with E-state index in [1.54, 1.807) is 0 Å². The monoisotopic (exact) mass is 391 g/mol. The van der Waals surface area contributed by atoms with E-state index < -0.39 is 0 Å². The van der Waals surface area contributed by atoms with Crippen LogP contribution in [0, 0.1) is 11.3 Å². The van der Waals surface area contributed by atoms with Crippen molar-refractivity contribution in [1.29, 1.82) is 0 Å². The largest absolute Gasteiger partial charge is 0.450 e. The molecule has 1 spiro atoms. The lowest BCUT2D eigenvalue weighted by Gasteiger charge is -2.47. The zero-order chi connectivity index (χ0) is 19.9. The Labute approximate surface area is 169 Å². The number of fused-ring (bicyclic) bond motifs is 2. The first-order valence-corrected chi connectivity index (χ1v) is 11.4. The standard InChI is InChI=1S/C22H37N3O3/c1-4-28-21(27)25-17-5-6-18(25)12-19(11-17)23-9-7-22(8-10-23)13-20(26)24(15-22)14-16(2)3/h16-19H,4-15H2,1-3H3. The molecule has 2 bridgehead atoms. The summed E-state index contributed by atoms with van der Waals surface area (Å²) in [4.78, 5) is 31.6. The normalized spacial score (nSPS) is 32.6. The predicted molar refractivity (Wildman–Crippen MR) is 108 cm³/mol. The first kappa shape index (κ1) is 20.0. The summed E-state index contributed by atoms with van der Waals surface area (Å²) in [5.74, 6) is 0.905. The number of carbonyl (C=O) groups is 2. The van der Waals surface area contributed by atoms with Crippen LogP contribution in [-0.2, 0) is 9.53 Å². The Balaban J connectivity index is 1.32. The van der Waals surface area contributed by atoms with Crippen LogP contribution in [0.4, 0.5) is 4.79 Å². The van der Waals surface area contributed by atoms with E-state index in [-0.39, 0.29) is 11.5 Å². The van der Waals surface area contributed by atoms with Crippen LogP contribution >= 0.6 is 0 Å². The second-order valence-electron chi connectivity index (χ2n) is 10.00. The van der Waals surface area contributed by atoms with E-state index in [0.29, 0.717) is 36.6 Å². The van der Waals surface area contributed by atoms with Gasteiger partial charge in [0.15, 0.2) is 0 Å². The number of ether oxygens (including phenoxy) is 1. The Kier molecular flexibility index (Phi) is 5.60. The minimum Gasteiger partial charge on any atom is -0.450 e. The van der Waals surface area contributed by atoms with Gasteiger partial charge in [-0.25, -0.2) is 4.79 Å². The van der Waals surface area contributed by atoms with E-state index in [1.807, 2.05) is 11.8 Å². The van der Waals surface area contributed by atoms with E-state index in [1.165, 1.54) is 0 Å². The fourth-order valence-corrected chi connectivity index (χ4v) is 6.23. The quantitative estimate of drug-likeness (QED) is 0.739. The Hall–Kier alpha value is -1.30. The maximum atomic E-state index is 12.5. The van der Waals surface area contributed by atoms with Crippen molar-refractivity contribution in [2.24, 2.45) is 11.3 Å². The Morgan fingerprint density at radius 2 is 1.79 bits per heavy atom. The highest BCUT2D eigenvalue weighted by Gasteiger charge is 2.49. The summed E-state index contributed by atoms with van der Waals surface area (Å²) in [6, 6.07) is 1.30. The SMILES string of the molecule is CCOC(=O)N1C2CCC1CC(N1CCC3(CC1)CC(=O)N(CC(C)C)C3)C2. The van der Waals surface area contributed by atoms with Gasteiger partial charge in [-0.1, -0.05) is 13.8 Å². The van der Waals surface area contributed by atoms with Gasteiger partial charge in [0.25, 0.3) is 0 Å². The van der Waals surface area contributed by atoms with E-state index in [4.69, 9.17) is 4.74 Å². The number of carbonyl (C=O) groups excluding carboxylic acids is 2. The summed E-state index contributed by atoms with van der Waals surface area (Å²) in [6.45, 7) is 10.8. The topological polar surface area (TPSA) is 53.1 Å². The van der Waals surface area contributed by atoms with E-state index in [0.717, 1.165) is 71.1 Å². The average Bonchev–Trinajstić information content (AvgIpc) is 3.08. The van der Waals surface area contributed by atoms with Gasteiger partial charge in [0, 0.05) is 37.6 Å². The number of likely N-dealkylation sites (tertiary alicyclic amines) is 2. The van der Waals surface area contributed by atoms with Crippen LogP contribution < -0.4 is 0 Å². The fourth-order valence-electron chi connectivity index (χ4n) is 6.23. The first-order valence-electron chi connectivity index (χ1n) is 11.4. The molecule has 158 valence electrons. The molecule has 0 aromatic carbocycles. The smallest absolute Gasteiger partial charge is 0.410 e. The van der Waals surface area contributed by atoms with Gasteiger partial charge in [-0.05, 0) is 69.9 Å². The molecule has 6 nitrogen and oxygen atoms in total. The maximum Gasteiger partial charge on any atom is 0.410 e. The molecule has 4 aliphatic heterocycles. The van der Waals surface area contributed by atoms with Gasteiger partial charge in [-0.15, -0.1) is 0 Å². The number of hydrogen-bond acceptors (Lipinski definition) is 4. The second kappa shape index (κ2) is 7.85. The van der Waals surface area contributed by atoms with Gasteiger partial charge >= 0.3 is 6.09 Å². The molecule has 0 radical (unpaired) electrons. The molecule has 2 atom stereocenters. The molecule has 0 saturated carbocycles. The highest BCUT2D eigenvalue weighted by atomic mass is 16.6. The summed E-state index contributed by atoms with van der Waals surface area (Å²) >= 11 is 0. The van der Waals surface area contributed by atoms with Crippen LogP contribution in [0.5, 0.6) is 0 Å². The molecule has 4 rings (SSSR count). The first-order chi connectivity index (χ1) is 13.4. The summed E-state index contributed by atoms with van der Waals surface area (Å²) in [6.07, 6.45) is 7.33. The summed E-state index contributed by atoms with van der Waals surface area (Å²) < 4.78 is 5.29. The van der Waals surface area contributed by atoms with E-state index in [2.05, 4.69) is 23.6 Å². The van der Waals surface area contributed by atoms with Gasteiger partial charge < -0.3 is 19.4 Å². The van der Waals surface area contributed by atoms with Crippen molar-refractivity contribution in [2.45, 2.75) is 83.8 Å². The minimum absolute atomic E-state index is 0.110. The molecule has 28 heavy (non-hydrogen) atoms. The molecule has 0 aromatic rings. The number of rotatable bonds is 4. The van der Waals surface area contributed by atoms with Gasteiger partial charge in [0.2, 0.25) is 5.91 Å². The van der Waals surface area contributed by atoms with Crippen LogP contribution in [0.15, 0.2) is 0 Å². The van der Waals surface area contributed by atoms with Crippen molar-refractivity contribution in [1.82, 2.24) is 14.7 Å². The number of hydrogen-bond donors (Lipinski definition) is 0. The predicted octanol–water partition coefficient (Wildman–Crippen LogP) is 3.11. The third-order valence-electron chi connectivity index (χ3n) is 7.55. The van der Waals surface area contributed by atoms with Crippen molar-refractivity contribution < 1.29 is 14.3 Å². The minimum atomic E-state index is -0.110. The van der Waals surface area contributed by atoms with Crippen molar-refractivity contribution in [3.05, 3.63) is 0 Å². The molecule has 4 fully saturated rings. The molecule has 6 heteroatoms. The lowest BCUT2D eigenvalue weighted by atomic mass is 9.77. The lowest BCUT2D eigenvalue weighted by molar-refractivity contribution is -0.128. The van der Waals surface area contributed by atoms with Crippen molar-refractivity contribution in [2.75, 3.05) is 32.8 Å². The van der Waals surface area contributed by atoms with Crippen molar-refractivity contribution in [3.8, 4) is 0 Å². The number of nitrogens with zero attached hydrogens (tertiary/aromatic N) is 3. The number of amides is 2. The Morgan fingerprint density at radius 3 is 2.36 bits per heavy atom. The molecule has 2 unspecified atom stereocenters. The van der Waals surface area contributed by atoms with E-state index in [9.17, 15) is 9.59 Å². The summed E-state index contributed by atoms with van der Waals surface area (Å²) in [5.41, 5.74) is 0.215. The molecule has 4 aliphatic rings. The number of piperidine rings is 2. The van der Waals surface area contributed by atoms with Crippen LogP contribution in [0.25, 0.3) is 0 Å². The maximum absolute atomic E-state index is 12.5. The summed E-state index contributed by atoms with van der Waals surface area (Å²) in [5, 5.41) is 0. The lowest BCUT2D eigenvalue weighted by Crippen LogP contribution is -2.55. The third kappa shape index (κ3) is 3.77. The molecule has 0 aromatic heterocycles. The van der Waals surface area contributed by atoms with Gasteiger partial charge in [0.1, 0.15) is 0 Å². The molecule has 4 heterocycles. The Morgan fingerprint density at radius 1 is 1.14 bits per heavy atom. The zero-order valence-corrected chi connectivity index (χ0v) is 17.9. The highest BCUT2D eigenvalue weighted by Crippen LogP contribution is 2.44. The van der Waals surface area contributed by atoms with Crippen LogP contribution in [0.2, 0.25) is 0 Å². The van der Waals surface area contributed by atoms with Gasteiger partial charge in [-0.3, -0.25) is 4.79 Å². The van der Waals surface area contributed by atoms with Gasteiger partial charge in [0.05, 0.1) is 6.61 Å². The molecule has 2 amide bonds. The zero-order valence-electron chi connectivity index (χ0n) is 17.9. The van der Waals surface area contributed by atoms with E-state index >= 15 is 0 Å². The molecular formula is C22H37N3O3.